The molecule has 0 saturated carbocycles. The molecular weight excluding hydrogens is 427 g/mol. The van der Waals surface area contributed by atoms with Crippen LogP contribution in [0.15, 0.2) is 66.7 Å². The van der Waals surface area contributed by atoms with Gasteiger partial charge in [-0.05, 0) is 30.2 Å². The Morgan fingerprint density at radius 1 is 0.833 bits per heavy atom. The van der Waals surface area contributed by atoms with E-state index in [1.165, 1.54) is 21.8 Å². The molecule has 24 heavy (non-hydrogen) atoms. The van der Waals surface area contributed by atoms with E-state index >= 15 is 0 Å². The number of thiazole rings is 1. The maximum atomic E-state index is 4.89. The first-order chi connectivity index (χ1) is 11.2. The number of fused-ring (bicyclic) bond motifs is 1. The third kappa shape index (κ3) is 2.96. The summed E-state index contributed by atoms with van der Waals surface area (Å²) < 4.78 is 2.27. The van der Waals surface area contributed by atoms with Crippen LogP contribution in [0.25, 0.3) is 27.5 Å². The van der Waals surface area contributed by atoms with Gasteiger partial charge in [-0.2, -0.15) is 4.40 Å². The monoisotopic (exact) mass is 444 g/mol. The molecule has 0 amide bonds. The molecule has 2 aromatic heterocycles. The average molecular weight is 444 g/mol. The van der Waals surface area contributed by atoms with Crippen molar-refractivity contribution in [1.82, 2.24) is 4.98 Å². The van der Waals surface area contributed by atoms with Crippen molar-refractivity contribution in [3.63, 3.8) is 0 Å². The number of nitrogens with zero attached hydrogens (tertiary/aromatic N) is 2. The Morgan fingerprint density at radius 2 is 1.42 bits per heavy atom. The topological polar surface area (TPSA) is 17.0 Å². The predicted molar refractivity (Wildman–Crippen MR) is 95.6 cm³/mol. The van der Waals surface area contributed by atoms with Crippen LogP contribution in [0, 0.1) is 13.8 Å². The molecule has 0 aliphatic carbocycles. The number of rotatable bonds is 2. The molecule has 0 fully saturated rings. The van der Waals surface area contributed by atoms with E-state index in [1.54, 1.807) is 11.3 Å². The van der Waals surface area contributed by atoms with Gasteiger partial charge in [0.05, 0.1) is 4.88 Å². The molecular formula is C20H17IN2S. The lowest BCUT2D eigenvalue weighted by Gasteiger charge is -2.03. The molecule has 0 bridgehead atoms. The summed E-state index contributed by atoms with van der Waals surface area (Å²) >= 11 is 1.75. The third-order valence-corrected chi connectivity index (χ3v) is 5.21. The van der Waals surface area contributed by atoms with Gasteiger partial charge in [0.25, 0.3) is 0 Å². The standard InChI is InChI=1S/C20H17N2S.HI/c1-14-15(2)23-20-21-18(16-9-5-3-6-10-16)13-19(22(14)20)17-11-7-4-8-12-17;/h3-13H,1-2H3;1H/q+1;/p-1. The van der Waals surface area contributed by atoms with E-state index in [4.69, 9.17) is 4.98 Å². The van der Waals surface area contributed by atoms with E-state index in [9.17, 15) is 0 Å². The fourth-order valence-electron chi connectivity index (χ4n) is 2.82. The maximum Gasteiger partial charge on any atom is 0.388 e. The summed E-state index contributed by atoms with van der Waals surface area (Å²) in [4.78, 5) is 7.24. The smallest absolute Gasteiger partial charge is 0.388 e. The van der Waals surface area contributed by atoms with Gasteiger partial charge in [-0.25, -0.2) is 0 Å². The van der Waals surface area contributed by atoms with Crippen LogP contribution in [0.1, 0.15) is 10.6 Å². The Hall–Kier alpha value is -1.79. The second-order valence-corrected chi connectivity index (χ2v) is 6.80. The molecule has 0 unspecified atom stereocenters. The van der Waals surface area contributed by atoms with Crippen LogP contribution in [-0.4, -0.2) is 4.98 Å². The van der Waals surface area contributed by atoms with Crippen molar-refractivity contribution in [2.75, 3.05) is 0 Å². The summed E-state index contributed by atoms with van der Waals surface area (Å²) in [5, 5.41) is 0. The van der Waals surface area contributed by atoms with Crippen molar-refractivity contribution >= 4 is 16.3 Å². The van der Waals surface area contributed by atoms with Crippen molar-refractivity contribution in [2.24, 2.45) is 0 Å². The van der Waals surface area contributed by atoms with Gasteiger partial charge >= 0.3 is 4.96 Å². The summed E-state index contributed by atoms with van der Waals surface area (Å²) in [7, 11) is 0. The lowest BCUT2D eigenvalue weighted by atomic mass is 10.1. The fraction of sp³-hybridized carbons (Fsp3) is 0.100. The third-order valence-electron chi connectivity index (χ3n) is 4.15. The average Bonchev–Trinajstić information content (AvgIpc) is 2.90. The van der Waals surface area contributed by atoms with Gasteiger partial charge in [0.1, 0.15) is 11.4 Å². The van der Waals surface area contributed by atoms with Gasteiger partial charge in [-0.3, -0.25) is 0 Å². The van der Waals surface area contributed by atoms with Crippen molar-refractivity contribution in [3.8, 4) is 22.5 Å². The highest BCUT2D eigenvalue weighted by Gasteiger charge is 2.22. The largest absolute Gasteiger partial charge is 1.00 e. The highest BCUT2D eigenvalue weighted by molar-refractivity contribution is 7.16. The highest BCUT2D eigenvalue weighted by Crippen LogP contribution is 2.26. The molecule has 4 rings (SSSR count). The van der Waals surface area contributed by atoms with Gasteiger partial charge in [0, 0.05) is 17.2 Å². The molecule has 2 heterocycles. The minimum Gasteiger partial charge on any atom is -1.00 e. The van der Waals surface area contributed by atoms with Gasteiger partial charge in [-0.15, -0.1) is 0 Å². The summed E-state index contributed by atoms with van der Waals surface area (Å²) in [5.74, 6) is 0. The normalized spacial score (nSPS) is 10.6. The Labute approximate surface area is 162 Å². The zero-order valence-corrected chi connectivity index (χ0v) is 16.5. The van der Waals surface area contributed by atoms with E-state index in [1.807, 2.05) is 6.07 Å². The first kappa shape index (κ1) is 17.0. The molecule has 2 aromatic carbocycles. The van der Waals surface area contributed by atoms with Crippen molar-refractivity contribution in [2.45, 2.75) is 13.8 Å². The molecule has 0 atom stereocenters. The van der Waals surface area contributed by atoms with Crippen LogP contribution >= 0.6 is 11.3 Å². The minimum atomic E-state index is 0. The summed E-state index contributed by atoms with van der Waals surface area (Å²) in [6.45, 7) is 4.32. The van der Waals surface area contributed by atoms with Gasteiger partial charge in [-0.1, -0.05) is 60.7 Å². The molecule has 4 aromatic rings. The molecule has 0 aliphatic rings. The molecule has 0 spiro atoms. The maximum absolute atomic E-state index is 4.89. The minimum absolute atomic E-state index is 0. The van der Waals surface area contributed by atoms with Crippen LogP contribution in [0.5, 0.6) is 0 Å². The van der Waals surface area contributed by atoms with E-state index in [0.717, 1.165) is 16.2 Å². The molecule has 0 radical (unpaired) electrons. The van der Waals surface area contributed by atoms with E-state index in [2.05, 4.69) is 78.9 Å². The second-order valence-electron chi connectivity index (χ2n) is 5.62. The van der Waals surface area contributed by atoms with Crippen LogP contribution in [0.4, 0.5) is 0 Å². The van der Waals surface area contributed by atoms with Crippen molar-refractivity contribution in [1.29, 1.82) is 0 Å². The molecule has 120 valence electrons. The zero-order chi connectivity index (χ0) is 15.8. The number of aryl methyl sites for hydroxylation is 2. The Bertz CT molecular complexity index is 979. The van der Waals surface area contributed by atoms with Crippen molar-refractivity contribution in [3.05, 3.63) is 77.3 Å². The predicted octanol–water partition coefficient (Wildman–Crippen LogP) is 1.84. The van der Waals surface area contributed by atoms with Crippen molar-refractivity contribution < 1.29 is 28.4 Å². The molecule has 0 saturated heterocycles. The van der Waals surface area contributed by atoms with Gasteiger partial charge in [0.2, 0.25) is 0 Å². The molecule has 0 aliphatic heterocycles. The number of benzene rings is 2. The van der Waals surface area contributed by atoms with E-state index in [-0.39, 0.29) is 24.0 Å². The first-order valence-electron chi connectivity index (χ1n) is 7.67. The molecule has 2 nitrogen and oxygen atoms in total. The Kier molecular flexibility index (Phi) is 4.96. The number of halogens is 1. The summed E-state index contributed by atoms with van der Waals surface area (Å²) in [5.41, 5.74) is 5.83. The Balaban J connectivity index is 0.00000169. The number of hydrogen-bond acceptors (Lipinski definition) is 2. The second kappa shape index (κ2) is 6.99. The zero-order valence-electron chi connectivity index (χ0n) is 13.5. The SMILES string of the molecule is Cc1sc2nc(-c3ccccc3)cc(-c3ccccc3)[n+]2c1C.[I-]. The Morgan fingerprint density at radius 3 is 2.04 bits per heavy atom. The summed E-state index contributed by atoms with van der Waals surface area (Å²) in [6.07, 6.45) is 0. The summed E-state index contributed by atoms with van der Waals surface area (Å²) in [6, 6.07) is 23.1. The highest BCUT2D eigenvalue weighted by atomic mass is 127. The molecule has 4 heteroatoms. The van der Waals surface area contributed by atoms with Gasteiger partial charge in [0.15, 0.2) is 5.69 Å². The fourth-order valence-corrected chi connectivity index (χ4v) is 3.80. The lowest BCUT2D eigenvalue weighted by Crippen LogP contribution is -3.00. The quantitative estimate of drug-likeness (QED) is 0.341. The van der Waals surface area contributed by atoms with E-state index < -0.39 is 0 Å². The van der Waals surface area contributed by atoms with E-state index in [0.29, 0.717) is 0 Å². The lowest BCUT2D eigenvalue weighted by molar-refractivity contribution is -0.505. The molecule has 0 N–H and O–H groups in total. The van der Waals surface area contributed by atoms with Crippen LogP contribution < -0.4 is 28.4 Å². The van der Waals surface area contributed by atoms with Crippen LogP contribution in [0.3, 0.4) is 0 Å². The number of hydrogen-bond donors (Lipinski definition) is 0. The van der Waals surface area contributed by atoms with Gasteiger partial charge < -0.3 is 24.0 Å². The van der Waals surface area contributed by atoms with Crippen LogP contribution in [-0.2, 0) is 0 Å². The van der Waals surface area contributed by atoms with Crippen LogP contribution in [0.2, 0.25) is 0 Å². The number of aromatic nitrogens is 2. The first-order valence-corrected chi connectivity index (χ1v) is 8.49.